The maximum atomic E-state index is 13.0. The fourth-order valence-corrected chi connectivity index (χ4v) is 3.25. The van der Waals surface area contributed by atoms with Crippen molar-refractivity contribution in [1.29, 1.82) is 0 Å². The largest absolute Gasteiger partial charge is 0.481 e. The third kappa shape index (κ3) is 14.1. The number of carboxylic acid groups (broad SMARTS) is 2. The van der Waals surface area contributed by atoms with E-state index in [0.717, 1.165) is 0 Å². The highest BCUT2D eigenvalue weighted by molar-refractivity contribution is 5.95. The number of nitrogens with one attached hydrogen (secondary N) is 3. The number of amides is 3. The highest BCUT2D eigenvalue weighted by Crippen LogP contribution is 2.09. The molecule has 3 amide bonds. The Kier molecular flexibility index (Phi) is 14.7. The van der Waals surface area contributed by atoms with Crippen molar-refractivity contribution in [2.45, 2.75) is 84.0 Å². The number of hydrogen-bond donors (Lipinski definition) is 8. The summed E-state index contributed by atoms with van der Waals surface area (Å²) >= 11 is 0. The SMILES string of the molecule is CC(C)C[C@H](NC(=O)[C@H](CC(=O)O)NC(=O)[C@H](CC(C)C)NC(=O)[C@@H](N)CCCN=C(N)N)C(=O)O. The summed E-state index contributed by atoms with van der Waals surface area (Å²) in [6.07, 6.45) is 0.190. The number of rotatable bonds is 17. The molecule has 0 unspecified atom stereocenters. The van der Waals surface area contributed by atoms with Gasteiger partial charge in [-0.2, -0.15) is 0 Å². The van der Waals surface area contributed by atoms with Gasteiger partial charge in [0.05, 0.1) is 12.5 Å². The third-order valence-electron chi connectivity index (χ3n) is 4.98. The number of carboxylic acids is 2. The molecule has 0 heterocycles. The second-order valence-electron chi connectivity index (χ2n) is 9.43. The monoisotopic (exact) mass is 515 g/mol. The number of aliphatic imine (C=N–C) groups is 1. The number of aliphatic carboxylic acids is 2. The number of nitrogens with two attached hydrogens (primary N) is 3. The lowest BCUT2D eigenvalue weighted by Crippen LogP contribution is -2.57. The van der Waals surface area contributed by atoms with Crippen LogP contribution in [-0.2, 0) is 24.0 Å². The van der Waals surface area contributed by atoms with Crippen LogP contribution in [0, 0.1) is 11.8 Å². The van der Waals surface area contributed by atoms with Crippen LogP contribution in [0.25, 0.3) is 0 Å². The van der Waals surface area contributed by atoms with E-state index in [1.807, 2.05) is 13.8 Å². The zero-order valence-corrected chi connectivity index (χ0v) is 21.3. The summed E-state index contributed by atoms with van der Waals surface area (Å²) in [7, 11) is 0. The fraction of sp³-hybridized carbons (Fsp3) is 0.727. The molecule has 0 fully saturated rings. The van der Waals surface area contributed by atoms with Crippen LogP contribution in [0.5, 0.6) is 0 Å². The zero-order valence-electron chi connectivity index (χ0n) is 21.3. The number of nitrogens with zero attached hydrogens (tertiary/aromatic N) is 1. The minimum Gasteiger partial charge on any atom is -0.481 e. The number of carbonyl (C=O) groups is 5. The van der Waals surface area contributed by atoms with Crippen molar-refractivity contribution in [3.05, 3.63) is 0 Å². The molecule has 36 heavy (non-hydrogen) atoms. The molecule has 0 aromatic carbocycles. The summed E-state index contributed by atoms with van der Waals surface area (Å²) in [6.45, 7) is 7.44. The highest BCUT2D eigenvalue weighted by atomic mass is 16.4. The number of guanidine groups is 1. The molecule has 0 aliphatic carbocycles. The molecule has 14 nitrogen and oxygen atoms in total. The van der Waals surface area contributed by atoms with Crippen molar-refractivity contribution in [1.82, 2.24) is 16.0 Å². The van der Waals surface area contributed by atoms with Gasteiger partial charge in [-0.1, -0.05) is 27.7 Å². The molecule has 0 aliphatic heterocycles. The molecule has 0 saturated carbocycles. The predicted octanol–water partition coefficient (Wildman–Crippen LogP) is -1.53. The molecule has 0 aromatic heterocycles. The Labute approximate surface area is 210 Å². The first-order chi connectivity index (χ1) is 16.6. The van der Waals surface area contributed by atoms with Crippen LogP contribution in [0.15, 0.2) is 4.99 Å². The van der Waals surface area contributed by atoms with E-state index < -0.39 is 60.2 Å². The molecule has 0 aromatic rings. The molecule has 0 spiro atoms. The van der Waals surface area contributed by atoms with Gasteiger partial charge in [0.25, 0.3) is 0 Å². The van der Waals surface area contributed by atoms with E-state index in [1.54, 1.807) is 13.8 Å². The van der Waals surface area contributed by atoms with E-state index in [-0.39, 0.29) is 43.6 Å². The number of carbonyl (C=O) groups excluding carboxylic acids is 3. The van der Waals surface area contributed by atoms with E-state index in [1.165, 1.54) is 0 Å². The second-order valence-corrected chi connectivity index (χ2v) is 9.43. The molecule has 0 rings (SSSR count). The average Bonchev–Trinajstić information content (AvgIpc) is 2.73. The summed E-state index contributed by atoms with van der Waals surface area (Å²) in [5.74, 6) is -5.20. The van der Waals surface area contributed by atoms with Crippen LogP contribution in [0.3, 0.4) is 0 Å². The van der Waals surface area contributed by atoms with E-state index >= 15 is 0 Å². The highest BCUT2D eigenvalue weighted by Gasteiger charge is 2.32. The van der Waals surface area contributed by atoms with Gasteiger partial charge in [-0.15, -0.1) is 0 Å². The molecule has 206 valence electrons. The van der Waals surface area contributed by atoms with E-state index in [4.69, 9.17) is 17.2 Å². The Morgan fingerprint density at radius 3 is 1.72 bits per heavy atom. The first-order valence-electron chi connectivity index (χ1n) is 11.8. The Hall–Kier alpha value is -3.42. The van der Waals surface area contributed by atoms with Gasteiger partial charge in [0.2, 0.25) is 17.7 Å². The average molecular weight is 516 g/mol. The first kappa shape index (κ1) is 32.6. The number of hydrogen-bond acceptors (Lipinski definition) is 7. The van der Waals surface area contributed by atoms with Crippen molar-refractivity contribution in [2.24, 2.45) is 34.0 Å². The van der Waals surface area contributed by atoms with Crippen molar-refractivity contribution in [2.75, 3.05) is 6.54 Å². The summed E-state index contributed by atoms with van der Waals surface area (Å²) < 4.78 is 0. The Morgan fingerprint density at radius 2 is 1.25 bits per heavy atom. The predicted molar refractivity (Wildman–Crippen MR) is 132 cm³/mol. The van der Waals surface area contributed by atoms with Crippen LogP contribution >= 0.6 is 0 Å². The quantitative estimate of drug-likeness (QED) is 0.0630. The van der Waals surface area contributed by atoms with Crippen LogP contribution in [0.1, 0.15) is 59.8 Å². The van der Waals surface area contributed by atoms with Crippen molar-refractivity contribution < 1.29 is 34.2 Å². The van der Waals surface area contributed by atoms with Crippen LogP contribution in [-0.4, -0.2) is 76.5 Å². The van der Waals surface area contributed by atoms with Crippen molar-refractivity contribution >= 4 is 35.6 Å². The minimum atomic E-state index is -1.55. The molecule has 0 saturated heterocycles. The summed E-state index contributed by atoms with van der Waals surface area (Å²) in [5.41, 5.74) is 16.4. The maximum Gasteiger partial charge on any atom is 0.326 e. The van der Waals surface area contributed by atoms with Gasteiger partial charge in [-0.25, -0.2) is 4.79 Å². The minimum absolute atomic E-state index is 0.0478. The first-order valence-corrected chi connectivity index (χ1v) is 11.8. The summed E-state index contributed by atoms with van der Waals surface area (Å²) in [5, 5.41) is 25.7. The van der Waals surface area contributed by atoms with Crippen molar-refractivity contribution in [3.8, 4) is 0 Å². The standard InChI is InChI=1S/C22H41N7O7/c1-11(2)8-14(27-18(32)13(23)6-5-7-26-22(24)25)19(33)28-15(10-17(30)31)20(34)29-16(21(35)36)9-12(3)4/h11-16H,5-10,23H2,1-4H3,(H,27,32)(H,28,33)(H,29,34)(H,30,31)(H,35,36)(H4,24,25,26)/t13-,14-,15-,16-/m0/s1. The van der Waals surface area contributed by atoms with Gasteiger partial charge in [0, 0.05) is 6.54 Å². The van der Waals surface area contributed by atoms with Crippen LogP contribution in [0.4, 0.5) is 0 Å². The van der Waals surface area contributed by atoms with E-state index in [0.29, 0.717) is 6.42 Å². The lowest BCUT2D eigenvalue weighted by molar-refractivity contribution is -0.144. The van der Waals surface area contributed by atoms with Gasteiger partial charge in [0.15, 0.2) is 5.96 Å². The lowest BCUT2D eigenvalue weighted by atomic mass is 10.0. The van der Waals surface area contributed by atoms with Gasteiger partial charge in [-0.3, -0.25) is 24.2 Å². The van der Waals surface area contributed by atoms with E-state index in [2.05, 4.69) is 20.9 Å². The molecular weight excluding hydrogens is 474 g/mol. The second kappa shape index (κ2) is 16.3. The maximum absolute atomic E-state index is 13.0. The van der Waals surface area contributed by atoms with Crippen LogP contribution in [0.2, 0.25) is 0 Å². The van der Waals surface area contributed by atoms with Gasteiger partial charge < -0.3 is 43.4 Å². The van der Waals surface area contributed by atoms with Crippen LogP contribution < -0.4 is 33.2 Å². The summed E-state index contributed by atoms with van der Waals surface area (Å²) in [6, 6.07) is -4.86. The Bertz CT molecular complexity index is 798. The van der Waals surface area contributed by atoms with Gasteiger partial charge in [0.1, 0.15) is 18.1 Å². The lowest BCUT2D eigenvalue weighted by Gasteiger charge is -2.25. The topological polar surface area (TPSA) is 252 Å². The fourth-order valence-electron chi connectivity index (χ4n) is 3.25. The van der Waals surface area contributed by atoms with Gasteiger partial charge in [-0.05, 0) is 37.5 Å². The molecular formula is C22H41N7O7. The molecule has 4 atom stereocenters. The Morgan fingerprint density at radius 1 is 0.778 bits per heavy atom. The van der Waals surface area contributed by atoms with Gasteiger partial charge >= 0.3 is 11.9 Å². The van der Waals surface area contributed by atoms with Crippen molar-refractivity contribution in [3.63, 3.8) is 0 Å². The summed E-state index contributed by atoms with van der Waals surface area (Å²) in [4.78, 5) is 64.8. The Balaban J connectivity index is 5.43. The zero-order chi connectivity index (χ0) is 28.0. The van der Waals surface area contributed by atoms with E-state index in [9.17, 15) is 34.2 Å². The molecule has 0 aliphatic rings. The normalized spacial score (nSPS) is 14.3. The molecule has 14 heteroatoms. The molecule has 11 N–H and O–H groups in total. The smallest absolute Gasteiger partial charge is 0.326 e. The molecule has 0 radical (unpaired) electrons. The third-order valence-corrected chi connectivity index (χ3v) is 4.98. The molecule has 0 bridgehead atoms.